The van der Waals surface area contributed by atoms with Gasteiger partial charge in [0.05, 0.1) is 12.2 Å². The van der Waals surface area contributed by atoms with Crippen molar-refractivity contribution in [1.82, 2.24) is 10.2 Å². The Labute approximate surface area is 112 Å². The minimum absolute atomic E-state index is 0.537. The number of nitrogens with one attached hydrogen (secondary N) is 1. The molecule has 0 radical (unpaired) electrons. The Morgan fingerprint density at radius 2 is 1.56 bits per heavy atom. The largest absolute Gasteiger partial charge is 0.375 e. The van der Waals surface area contributed by atoms with Gasteiger partial charge in [-0.05, 0) is 84.6 Å². The topological polar surface area (TPSA) is 24.5 Å². The van der Waals surface area contributed by atoms with Gasteiger partial charge in [-0.15, -0.1) is 0 Å². The lowest BCUT2D eigenvalue weighted by Crippen LogP contribution is -2.36. The molecule has 2 fully saturated rings. The molecule has 1 aliphatic carbocycles. The molecule has 106 valence electrons. The second-order valence-electron chi connectivity index (χ2n) is 6.32. The van der Waals surface area contributed by atoms with Crippen molar-refractivity contribution in [3.63, 3.8) is 0 Å². The third kappa shape index (κ3) is 4.87. The average Bonchev–Trinajstić information content (AvgIpc) is 2.39. The van der Waals surface area contributed by atoms with Gasteiger partial charge in [-0.3, -0.25) is 0 Å². The van der Waals surface area contributed by atoms with Crippen LogP contribution in [0.2, 0.25) is 0 Å². The zero-order valence-corrected chi connectivity index (χ0v) is 12.2. The number of nitrogens with zero attached hydrogens (tertiary/aromatic N) is 1. The Bertz CT molecular complexity index is 219. The predicted molar refractivity (Wildman–Crippen MR) is 75.9 cm³/mol. The van der Waals surface area contributed by atoms with E-state index in [0.717, 1.165) is 19.0 Å². The van der Waals surface area contributed by atoms with Crippen molar-refractivity contribution >= 4 is 0 Å². The van der Waals surface area contributed by atoms with E-state index in [0.29, 0.717) is 12.2 Å². The van der Waals surface area contributed by atoms with Crippen LogP contribution in [0.15, 0.2) is 0 Å². The molecule has 0 aromatic rings. The van der Waals surface area contributed by atoms with Crippen LogP contribution in [0.4, 0.5) is 0 Å². The lowest BCUT2D eigenvalue weighted by Gasteiger charge is -2.33. The lowest BCUT2D eigenvalue weighted by atomic mass is 9.85. The van der Waals surface area contributed by atoms with Crippen LogP contribution in [0.3, 0.4) is 0 Å². The van der Waals surface area contributed by atoms with Crippen molar-refractivity contribution in [1.29, 1.82) is 0 Å². The van der Waals surface area contributed by atoms with E-state index in [2.05, 4.69) is 24.3 Å². The van der Waals surface area contributed by atoms with Gasteiger partial charge in [0.25, 0.3) is 0 Å². The van der Waals surface area contributed by atoms with Gasteiger partial charge in [0.15, 0.2) is 0 Å². The van der Waals surface area contributed by atoms with E-state index < -0.39 is 0 Å². The summed E-state index contributed by atoms with van der Waals surface area (Å²) < 4.78 is 6.26. The highest BCUT2D eigenvalue weighted by atomic mass is 16.5. The Balaban J connectivity index is 1.60. The molecule has 1 saturated heterocycles. The first-order valence-corrected chi connectivity index (χ1v) is 7.75. The fourth-order valence-electron chi connectivity index (χ4n) is 3.20. The number of hydrogen-bond acceptors (Lipinski definition) is 3. The summed E-state index contributed by atoms with van der Waals surface area (Å²) in [5, 5.41) is 3.40. The Morgan fingerprint density at radius 1 is 0.944 bits per heavy atom. The maximum absolute atomic E-state index is 6.26. The van der Waals surface area contributed by atoms with Crippen molar-refractivity contribution in [2.24, 2.45) is 5.92 Å². The van der Waals surface area contributed by atoms with Gasteiger partial charge < -0.3 is 15.0 Å². The lowest BCUT2D eigenvalue weighted by molar-refractivity contribution is -0.0486. The highest BCUT2D eigenvalue weighted by Gasteiger charge is 2.24. The summed E-state index contributed by atoms with van der Waals surface area (Å²) in [6.07, 6.45) is 10.2. The average molecular weight is 254 g/mol. The van der Waals surface area contributed by atoms with Crippen molar-refractivity contribution in [2.45, 2.75) is 57.2 Å². The molecule has 1 aliphatic heterocycles. The van der Waals surface area contributed by atoms with Gasteiger partial charge in [-0.25, -0.2) is 0 Å². The van der Waals surface area contributed by atoms with Crippen molar-refractivity contribution in [2.75, 3.05) is 33.7 Å². The van der Waals surface area contributed by atoms with E-state index in [4.69, 9.17) is 4.74 Å². The van der Waals surface area contributed by atoms with E-state index in [1.165, 1.54) is 51.5 Å². The highest BCUT2D eigenvalue weighted by molar-refractivity contribution is 4.76. The van der Waals surface area contributed by atoms with Crippen LogP contribution < -0.4 is 5.32 Å². The summed E-state index contributed by atoms with van der Waals surface area (Å²) in [7, 11) is 4.34. The molecule has 0 bridgehead atoms. The summed E-state index contributed by atoms with van der Waals surface area (Å²) in [5.41, 5.74) is 0. The first-order valence-electron chi connectivity index (χ1n) is 7.75. The smallest absolute Gasteiger partial charge is 0.0603 e. The second kappa shape index (κ2) is 7.46. The van der Waals surface area contributed by atoms with E-state index in [1.807, 2.05) is 0 Å². The number of rotatable bonds is 5. The van der Waals surface area contributed by atoms with Gasteiger partial charge in [-0.1, -0.05) is 0 Å². The molecule has 1 saturated carbocycles. The number of ether oxygens (including phenoxy) is 1. The Kier molecular flexibility index (Phi) is 5.93. The summed E-state index contributed by atoms with van der Waals surface area (Å²) in [5.74, 6) is 0.945. The Morgan fingerprint density at radius 3 is 2.17 bits per heavy atom. The third-order valence-corrected chi connectivity index (χ3v) is 4.45. The van der Waals surface area contributed by atoms with Gasteiger partial charge in [-0.2, -0.15) is 0 Å². The van der Waals surface area contributed by atoms with Gasteiger partial charge in [0.1, 0.15) is 0 Å². The molecule has 0 spiro atoms. The fraction of sp³-hybridized carbons (Fsp3) is 1.00. The second-order valence-corrected chi connectivity index (χ2v) is 6.32. The molecule has 18 heavy (non-hydrogen) atoms. The SMILES string of the molecule is CN(C)CCC1CCC(OC2CCNCC2)CC1. The van der Waals surface area contributed by atoms with Crippen molar-refractivity contribution < 1.29 is 4.74 Å². The zero-order valence-electron chi connectivity index (χ0n) is 12.2. The molecular weight excluding hydrogens is 224 g/mol. The molecule has 0 atom stereocenters. The molecule has 0 unspecified atom stereocenters. The van der Waals surface area contributed by atoms with Crippen LogP contribution in [-0.4, -0.2) is 50.8 Å². The van der Waals surface area contributed by atoms with Gasteiger partial charge >= 0.3 is 0 Å². The van der Waals surface area contributed by atoms with Crippen molar-refractivity contribution in [3.05, 3.63) is 0 Å². The standard InChI is InChI=1S/C15H30N2O/c1-17(2)12-9-13-3-5-14(6-4-13)18-15-7-10-16-11-8-15/h13-16H,3-12H2,1-2H3. The summed E-state index contributed by atoms with van der Waals surface area (Å²) in [6, 6.07) is 0. The first-order chi connectivity index (χ1) is 8.74. The number of piperidine rings is 1. The minimum Gasteiger partial charge on any atom is -0.375 e. The molecule has 0 aromatic carbocycles. The minimum atomic E-state index is 0.537. The molecule has 1 heterocycles. The predicted octanol–water partition coefficient (Wildman–Crippen LogP) is 2.27. The molecule has 0 amide bonds. The van der Waals surface area contributed by atoms with E-state index >= 15 is 0 Å². The summed E-state index contributed by atoms with van der Waals surface area (Å²) in [6.45, 7) is 3.52. The molecule has 3 heteroatoms. The normalized spacial score (nSPS) is 30.8. The zero-order chi connectivity index (χ0) is 12.8. The first kappa shape index (κ1) is 14.3. The maximum Gasteiger partial charge on any atom is 0.0603 e. The van der Waals surface area contributed by atoms with Gasteiger partial charge in [0.2, 0.25) is 0 Å². The molecule has 0 aromatic heterocycles. The summed E-state index contributed by atoms with van der Waals surface area (Å²) >= 11 is 0. The van der Waals surface area contributed by atoms with Crippen LogP contribution in [0.25, 0.3) is 0 Å². The van der Waals surface area contributed by atoms with E-state index in [9.17, 15) is 0 Å². The fourth-order valence-corrected chi connectivity index (χ4v) is 3.20. The quantitative estimate of drug-likeness (QED) is 0.814. The number of hydrogen-bond donors (Lipinski definition) is 1. The molecular formula is C15H30N2O. The van der Waals surface area contributed by atoms with Crippen LogP contribution in [0.5, 0.6) is 0 Å². The molecule has 2 aliphatic rings. The van der Waals surface area contributed by atoms with Crippen LogP contribution in [0.1, 0.15) is 44.9 Å². The van der Waals surface area contributed by atoms with E-state index in [1.54, 1.807) is 0 Å². The molecule has 1 N–H and O–H groups in total. The maximum atomic E-state index is 6.26. The summed E-state index contributed by atoms with van der Waals surface area (Å²) in [4.78, 5) is 2.30. The Hall–Kier alpha value is -0.120. The van der Waals surface area contributed by atoms with Gasteiger partial charge in [0, 0.05) is 0 Å². The van der Waals surface area contributed by atoms with Crippen LogP contribution >= 0.6 is 0 Å². The van der Waals surface area contributed by atoms with E-state index in [-0.39, 0.29) is 0 Å². The van der Waals surface area contributed by atoms with Crippen LogP contribution in [0, 0.1) is 5.92 Å². The van der Waals surface area contributed by atoms with Crippen molar-refractivity contribution in [3.8, 4) is 0 Å². The molecule has 3 nitrogen and oxygen atoms in total. The molecule has 2 rings (SSSR count). The third-order valence-electron chi connectivity index (χ3n) is 4.45. The monoisotopic (exact) mass is 254 g/mol. The van der Waals surface area contributed by atoms with Crippen LogP contribution in [-0.2, 0) is 4.74 Å². The highest BCUT2D eigenvalue weighted by Crippen LogP contribution is 2.30.